The molecule has 3 heterocycles. The summed E-state index contributed by atoms with van der Waals surface area (Å²) in [6.07, 6.45) is 4.28. The van der Waals surface area contributed by atoms with Gasteiger partial charge in [0.1, 0.15) is 5.65 Å². The summed E-state index contributed by atoms with van der Waals surface area (Å²) in [4.78, 5) is 34.5. The van der Waals surface area contributed by atoms with E-state index in [1.807, 2.05) is 36.7 Å². The molecular weight excluding hydrogens is 444 g/mol. The predicted octanol–water partition coefficient (Wildman–Crippen LogP) is 4.77. The molecule has 0 bridgehead atoms. The highest BCUT2D eigenvalue weighted by molar-refractivity contribution is 6.08. The van der Waals surface area contributed by atoms with Crippen LogP contribution in [0.2, 0.25) is 0 Å². The molecule has 0 aliphatic carbocycles. The highest BCUT2D eigenvalue weighted by Crippen LogP contribution is 2.31. The maximum absolute atomic E-state index is 13.6. The Labute approximate surface area is 205 Å². The average molecular weight is 475 g/mol. The first-order valence-electron chi connectivity index (χ1n) is 11.9. The first-order chi connectivity index (χ1) is 16.9. The number of carbonyl (C=O) groups is 2. The number of hydrogen-bond donors (Lipinski definition) is 1. The van der Waals surface area contributed by atoms with Crippen molar-refractivity contribution in [1.29, 1.82) is 0 Å². The van der Waals surface area contributed by atoms with Crippen LogP contribution in [0.25, 0.3) is 15.9 Å². The van der Waals surface area contributed by atoms with Crippen LogP contribution in [0, 0.1) is 12.5 Å². The lowest BCUT2D eigenvalue weighted by Gasteiger charge is -2.17. The minimum Gasteiger partial charge on any atom is -0.481 e. The topological polar surface area (TPSA) is 89.0 Å². The third-order valence-electron chi connectivity index (χ3n) is 6.75. The van der Waals surface area contributed by atoms with Crippen LogP contribution in [0.3, 0.4) is 0 Å². The molecule has 2 aromatic heterocycles. The van der Waals surface area contributed by atoms with Gasteiger partial charge in [-0.15, -0.1) is 0 Å². The van der Waals surface area contributed by atoms with E-state index in [-0.39, 0.29) is 18.6 Å². The smallest absolute Gasteiger partial charge is 0.308 e. The number of carbonyl (C=O) groups excluding carboxylic acids is 1. The fraction of sp³-hybridized carbons (Fsp3) is 0.407. The summed E-state index contributed by atoms with van der Waals surface area (Å²) < 4.78 is 7.92. The summed E-state index contributed by atoms with van der Waals surface area (Å²) in [6, 6.07) is 11.8. The number of nitrogens with zero attached hydrogens (tertiary/aromatic N) is 4. The van der Waals surface area contributed by atoms with Gasteiger partial charge in [-0.25, -0.2) is 9.83 Å². The molecule has 1 saturated heterocycles. The Balaban J connectivity index is 1.50. The number of ether oxygens (including phenoxy) is 1. The van der Waals surface area contributed by atoms with Crippen molar-refractivity contribution in [2.24, 2.45) is 13.0 Å². The number of pyridine rings is 1. The summed E-state index contributed by atoms with van der Waals surface area (Å²) in [5.41, 5.74) is 3.55. The molecule has 0 radical (unpaired) electrons. The Morgan fingerprint density at radius 3 is 2.74 bits per heavy atom. The van der Waals surface area contributed by atoms with Gasteiger partial charge >= 0.3 is 5.97 Å². The van der Waals surface area contributed by atoms with Crippen LogP contribution in [0.15, 0.2) is 42.6 Å². The number of unbranched alkanes of at least 4 members (excludes halogenated alkanes) is 1. The van der Waals surface area contributed by atoms with E-state index in [4.69, 9.17) is 11.3 Å². The number of benzene rings is 1. The molecule has 1 aliphatic heterocycles. The molecule has 4 rings (SSSR count). The minimum atomic E-state index is -0.875. The van der Waals surface area contributed by atoms with Gasteiger partial charge in [-0.3, -0.25) is 9.59 Å². The summed E-state index contributed by atoms with van der Waals surface area (Å²) in [5.74, 6) is -1.61. The predicted molar refractivity (Wildman–Crippen MR) is 132 cm³/mol. The molecule has 1 aromatic carbocycles. The van der Waals surface area contributed by atoms with E-state index in [0.717, 1.165) is 24.1 Å². The molecule has 8 nitrogen and oxygen atoms in total. The van der Waals surface area contributed by atoms with Crippen LogP contribution >= 0.6 is 0 Å². The molecule has 182 valence electrons. The van der Waals surface area contributed by atoms with E-state index in [2.05, 4.69) is 22.0 Å². The normalized spacial score (nSPS) is 16.4. The fourth-order valence-corrected chi connectivity index (χ4v) is 4.72. The van der Waals surface area contributed by atoms with Crippen molar-refractivity contribution in [3.63, 3.8) is 0 Å². The zero-order chi connectivity index (χ0) is 24.9. The van der Waals surface area contributed by atoms with Crippen molar-refractivity contribution in [3.05, 3.63) is 70.8 Å². The molecule has 8 heteroatoms. The Hall–Kier alpha value is -3.70. The number of amides is 1. The molecule has 3 aromatic rings. The second-order valence-electron chi connectivity index (χ2n) is 9.01. The molecule has 0 unspecified atom stereocenters. The van der Waals surface area contributed by atoms with Crippen LogP contribution in [0.4, 0.5) is 5.69 Å². The van der Waals surface area contributed by atoms with Gasteiger partial charge in [0.25, 0.3) is 5.91 Å². The van der Waals surface area contributed by atoms with Gasteiger partial charge in [0.05, 0.1) is 24.2 Å². The lowest BCUT2D eigenvalue weighted by atomic mass is 10.1. The number of aromatic nitrogens is 2. The molecule has 0 spiro atoms. The maximum atomic E-state index is 13.6. The number of fused-ring (bicyclic) bond motifs is 1. The molecular formula is C27H30N4O4. The Kier molecular flexibility index (Phi) is 7.47. The third kappa shape index (κ3) is 5.20. The largest absolute Gasteiger partial charge is 0.481 e. The summed E-state index contributed by atoms with van der Waals surface area (Å²) >= 11 is 0. The highest BCUT2D eigenvalue weighted by atomic mass is 16.5. The Bertz CT molecular complexity index is 1260. The number of hydrogen-bond acceptors (Lipinski definition) is 4. The summed E-state index contributed by atoms with van der Waals surface area (Å²) in [7, 11) is 1.89. The quantitative estimate of drug-likeness (QED) is 0.356. The number of carboxylic acids is 1. The van der Waals surface area contributed by atoms with Crippen molar-refractivity contribution in [1.82, 2.24) is 14.5 Å². The second-order valence-corrected chi connectivity index (χ2v) is 9.01. The van der Waals surface area contributed by atoms with Crippen LogP contribution in [0.5, 0.6) is 0 Å². The van der Waals surface area contributed by atoms with Gasteiger partial charge in [-0.1, -0.05) is 30.3 Å². The first kappa shape index (κ1) is 24.4. The zero-order valence-corrected chi connectivity index (χ0v) is 20.1. The van der Waals surface area contributed by atoms with E-state index in [1.165, 1.54) is 6.20 Å². The molecule has 0 saturated carbocycles. The van der Waals surface area contributed by atoms with Gasteiger partial charge in [0.2, 0.25) is 5.69 Å². The van der Waals surface area contributed by atoms with Gasteiger partial charge in [-0.2, -0.15) is 0 Å². The van der Waals surface area contributed by atoms with Crippen molar-refractivity contribution in [2.45, 2.75) is 38.7 Å². The van der Waals surface area contributed by atoms with Gasteiger partial charge in [0, 0.05) is 44.0 Å². The van der Waals surface area contributed by atoms with E-state index < -0.39 is 11.9 Å². The number of rotatable bonds is 9. The monoisotopic (exact) mass is 474 g/mol. The van der Waals surface area contributed by atoms with E-state index in [9.17, 15) is 14.7 Å². The number of carboxylic acid groups (broad SMARTS) is 1. The minimum absolute atomic E-state index is 0.0135. The summed E-state index contributed by atoms with van der Waals surface area (Å²) in [5, 5.41) is 10.0. The van der Waals surface area contributed by atoms with Crippen LogP contribution in [-0.4, -0.2) is 51.1 Å². The van der Waals surface area contributed by atoms with Crippen LogP contribution < -0.4 is 0 Å². The zero-order valence-electron chi connectivity index (χ0n) is 20.1. The molecule has 35 heavy (non-hydrogen) atoms. The number of likely N-dealkylation sites (tertiary alicyclic amines) is 1. The average Bonchev–Trinajstić information content (AvgIpc) is 3.47. The lowest BCUT2D eigenvalue weighted by molar-refractivity contribution is -0.141. The number of aliphatic carboxylic acids is 1. The van der Waals surface area contributed by atoms with E-state index in [0.29, 0.717) is 48.3 Å². The number of aryl methyl sites for hydroxylation is 1. The Morgan fingerprint density at radius 1 is 1.29 bits per heavy atom. The standard InChI is InChI=1S/C27H30N4O4/c1-18(19-9-5-4-6-10-19)35-14-8-7-11-23-24(26(32)31-13-12-20(17-31)27(33)34)22-15-21(28-2)16-29-25(22)30(23)3/h4-6,9-10,15-16,18,20H,7-8,11-14,17H2,1,3H3,(H,33,34)/t18-,20-/m0/s1. The van der Waals surface area contributed by atoms with Crippen molar-refractivity contribution >= 4 is 28.6 Å². The van der Waals surface area contributed by atoms with Crippen molar-refractivity contribution in [2.75, 3.05) is 19.7 Å². The Morgan fingerprint density at radius 2 is 2.06 bits per heavy atom. The van der Waals surface area contributed by atoms with Crippen LogP contribution in [0.1, 0.15) is 53.9 Å². The fourth-order valence-electron chi connectivity index (χ4n) is 4.72. The molecule has 1 N–H and O–H groups in total. The first-order valence-corrected chi connectivity index (χ1v) is 11.9. The molecule has 1 amide bonds. The van der Waals surface area contributed by atoms with Crippen molar-refractivity contribution < 1.29 is 19.4 Å². The molecule has 1 fully saturated rings. The van der Waals surface area contributed by atoms with E-state index in [1.54, 1.807) is 11.0 Å². The van der Waals surface area contributed by atoms with Gasteiger partial charge in [0.15, 0.2) is 0 Å². The van der Waals surface area contributed by atoms with E-state index >= 15 is 0 Å². The molecule has 2 atom stereocenters. The van der Waals surface area contributed by atoms with Crippen molar-refractivity contribution in [3.8, 4) is 0 Å². The second kappa shape index (κ2) is 10.7. The maximum Gasteiger partial charge on any atom is 0.308 e. The van der Waals surface area contributed by atoms with Crippen LogP contribution in [-0.2, 0) is 23.0 Å². The lowest BCUT2D eigenvalue weighted by Crippen LogP contribution is -2.30. The van der Waals surface area contributed by atoms with Gasteiger partial charge in [-0.05, 0) is 44.2 Å². The highest BCUT2D eigenvalue weighted by Gasteiger charge is 2.34. The summed E-state index contributed by atoms with van der Waals surface area (Å²) in [6.45, 7) is 10.6. The SMILES string of the molecule is [C-]#[N+]c1cnc2c(c1)c(C(=O)N1CC[C@H](C(=O)O)C1)c(CCCCO[C@@H](C)c1ccccc1)n2C. The third-order valence-corrected chi connectivity index (χ3v) is 6.75. The molecule has 1 aliphatic rings. The van der Waals surface area contributed by atoms with Gasteiger partial charge < -0.3 is 19.3 Å².